The van der Waals surface area contributed by atoms with E-state index in [1.54, 1.807) is 0 Å². The molecule has 1 saturated heterocycles. The first kappa shape index (κ1) is 21.3. The van der Waals surface area contributed by atoms with E-state index in [0.717, 1.165) is 48.3 Å². The van der Waals surface area contributed by atoms with Gasteiger partial charge in [-0.25, -0.2) is 0 Å². The standard InChI is InChI=1S/C23H33N3O4/c1-2-28-17-20(27)15-25(14-18-8-9-18)16-21-22(19-6-4-3-5-7-19)24-30-23(21)26-10-12-29-13-11-26/h3-7,18,20,27H,2,8-17H2,1H3/t20-/m0/s1. The normalized spacial score (nSPS) is 18.2. The first-order chi connectivity index (χ1) is 14.7. The minimum Gasteiger partial charge on any atom is -0.389 e. The van der Waals surface area contributed by atoms with Crippen LogP contribution in [0.3, 0.4) is 0 Å². The van der Waals surface area contributed by atoms with Crippen molar-refractivity contribution in [3.05, 3.63) is 35.9 Å². The van der Waals surface area contributed by atoms with Gasteiger partial charge in [-0.05, 0) is 25.7 Å². The van der Waals surface area contributed by atoms with E-state index in [0.29, 0.717) is 39.5 Å². The summed E-state index contributed by atoms with van der Waals surface area (Å²) in [6.45, 7) is 8.17. The Hall–Kier alpha value is -1.93. The summed E-state index contributed by atoms with van der Waals surface area (Å²) in [5.41, 5.74) is 3.03. The molecule has 1 aromatic heterocycles. The van der Waals surface area contributed by atoms with Crippen LogP contribution in [0.2, 0.25) is 0 Å². The van der Waals surface area contributed by atoms with Gasteiger partial charge in [-0.15, -0.1) is 0 Å². The highest BCUT2D eigenvalue weighted by atomic mass is 16.5. The highest BCUT2D eigenvalue weighted by Gasteiger charge is 2.29. The second kappa shape index (κ2) is 10.4. The molecule has 1 atom stereocenters. The number of hydrogen-bond donors (Lipinski definition) is 1. The lowest BCUT2D eigenvalue weighted by atomic mass is 10.1. The Morgan fingerprint density at radius 3 is 2.70 bits per heavy atom. The Morgan fingerprint density at radius 1 is 1.23 bits per heavy atom. The molecule has 2 aliphatic rings. The second-order valence-corrected chi connectivity index (χ2v) is 8.23. The van der Waals surface area contributed by atoms with Gasteiger partial charge in [0.2, 0.25) is 5.88 Å². The van der Waals surface area contributed by atoms with Gasteiger partial charge in [0.1, 0.15) is 5.69 Å². The van der Waals surface area contributed by atoms with Crippen molar-refractivity contribution >= 4 is 5.88 Å². The van der Waals surface area contributed by atoms with Gasteiger partial charge in [-0.3, -0.25) is 4.90 Å². The highest BCUT2D eigenvalue weighted by molar-refractivity contribution is 5.68. The number of nitrogens with zero attached hydrogens (tertiary/aromatic N) is 3. The van der Waals surface area contributed by atoms with Crippen LogP contribution in [-0.2, 0) is 16.0 Å². The van der Waals surface area contributed by atoms with Crippen molar-refractivity contribution < 1.29 is 19.1 Å². The zero-order chi connectivity index (χ0) is 20.8. The number of hydrogen-bond acceptors (Lipinski definition) is 7. The second-order valence-electron chi connectivity index (χ2n) is 8.23. The van der Waals surface area contributed by atoms with Crippen molar-refractivity contribution in [2.24, 2.45) is 5.92 Å². The molecule has 7 nitrogen and oxygen atoms in total. The molecule has 1 aliphatic heterocycles. The molecule has 1 aliphatic carbocycles. The summed E-state index contributed by atoms with van der Waals surface area (Å²) in [6, 6.07) is 10.2. The maximum absolute atomic E-state index is 10.5. The molecule has 1 aromatic carbocycles. The van der Waals surface area contributed by atoms with Gasteiger partial charge in [0.25, 0.3) is 0 Å². The number of aliphatic hydroxyl groups is 1. The van der Waals surface area contributed by atoms with E-state index < -0.39 is 6.10 Å². The maximum atomic E-state index is 10.5. The third-order valence-corrected chi connectivity index (χ3v) is 5.69. The molecule has 0 unspecified atom stereocenters. The van der Waals surface area contributed by atoms with Gasteiger partial charge in [0.05, 0.1) is 31.5 Å². The molecule has 0 bridgehead atoms. The van der Waals surface area contributed by atoms with Gasteiger partial charge >= 0.3 is 0 Å². The van der Waals surface area contributed by atoms with Crippen LogP contribution in [0, 0.1) is 5.92 Å². The van der Waals surface area contributed by atoms with E-state index in [1.165, 1.54) is 12.8 Å². The van der Waals surface area contributed by atoms with Crippen molar-refractivity contribution in [2.45, 2.75) is 32.4 Å². The van der Waals surface area contributed by atoms with E-state index >= 15 is 0 Å². The summed E-state index contributed by atoms with van der Waals surface area (Å²) in [4.78, 5) is 4.56. The SMILES string of the molecule is CCOC[C@@H](O)CN(Cc1c(-c2ccccc2)noc1N1CCOCC1)CC1CC1. The maximum Gasteiger partial charge on any atom is 0.232 e. The molecule has 0 amide bonds. The van der Waals surface area contributed by atoms with Gasteiger partial charge in [0, 0.05) is 44.9 Å². The molecule has 30 heavy (non-hydrogen) atoms. The monoisotopic (exact) mass is 415 g/mol. The predicted octanol–water partition coefficient (Wildman–Crippen LogP) is 2.79. The number of anilines is 1. The van der Waals surface area contributed by atoms with E-state index in [4.69, 9.17) is 14.0 Å². The number of benzene rings is 1. The van der Waals surface area contributed by atoms with Crippen LogP contribution in [0.1, 0.15) is 25.3 Å². The molecule has 0 spiro atoms. The first-order valence-electron chi connectivity index (χ1n) is 11.1. The Labute approximate surface area is 178 Å². The van der Waals surface area contributed by atoms with Crippen LogP contribution in [0.15, 0.2) is 34.9 Å². The molecule has 0 radical (unpaired) electrons. The third-order valence-electron chi connectivity index (χ3n) is 5.69. The molecule has 4 rings (SSSR count). The van der Waals surface area contributed by atoms with Crippen molar-refractivity contribution in [3.8, 4) is 11.3 Å². The number of aliphatic hydroxyl groups excluding tert-OH is 1. The summed E-state index contributed by atoms with van der Waals surface area (Å²) < 4.78 is 16.8. The lowest BCUT2D eigenvalue weighted by Crippen LogP contribution is -2.38. The Morgan fingerprint density at radius 2 is 2.00 bits per heavy atom. The van der Waals surface area contributed by atoms with E-state index in [9.17, 15) is 5.11 Å². The van der Waals surface area contributed by atoms with E-state index in [-0.39, 0.29) is 0 Å². The van der Waals surface area contributed by atoms with Crippen molar-refractivity contribution in [1.29, 1.82) is 0 Å². The lowest BCUT2D eigenvalue weighted by Gasteiger charge is -2.29. The fourth-order valence-electron chi connectivity index (χ4n) is 3.98. The number of rotatable bonds is 11. The molecule has 7 heteroatoms. The van der Waals surface area contributed by atoms with Gasteiger partial charge in [0.15, 0.2) is 0 Å². The third kappa shape index (κ3) is 5.60. The molecule has 1 N–H and O–H groups in total. The summed E-state index contributed by atoms with van der Waals surface area (Å²) >= 11 is 0. The number of aromatic nitrogens is 1. The Kier molecular flexibility index (Phi) is 7.38. The first-order valence-corrected chi connectivity index (χ1v) is 11.1. The Bertz CT molecular complexity index is 772. The van der Waals surface area contributed by atoms with Crippen LogP contribution in [-0.4, -0.2) is 73.9 Å². The molecule has 1 saturated carbocycles. The fourth-order valence-corrected chi connectivity index (χ4v) is 3.98. The largest absolute Gasteiger partial charge is 0.389 e. The molecule has 164 valence electrons. The highest BCUT2D eigenvalue weighted by Crippen LogP contribution is 2.35. The van der Waals surface area contributed by atoms with Crippen LogP contribution in [0.5, 0.6) is 0 Å². The van der Waals surface area contributed by atoms with E-state index in [1.807, 2.05) is 25.1 Å². The molecule has 2 aromatic rings. The fraction of sp³-hybridized carbons (Fsp3) is 0.609. The van der Waals surface area contributed by atoms with Gasteiger partial charge in [-0.1, -0.05) is 35.5 Å². The molecular weight excluding hydrogens is 382 g/mol. The summed E-state index contributed by atoms with van der Waals surface area (Å²) in [6.07, 6.45) is 2.03. The lowest BCUT2D eigenvalue weighted by molar-refractivity contribution is 0.0187. The summed E-state index contributed by atoms with van der Waals surface area (Å²) in [5.74, 6) is 1.55. The van der Waals surface area contributed by atoms with Crippen LogP contribution < -0.4 is 4.90 Å². The zero-order valence-corrected chi connectivity index (χ0v) is 17.8. The average Bonchev–Trinajstić information content (AvgIpc) is 3.50. The van der Waals surface area contributed by atoms with Gasteiger partial charge < -0.3 is 24.0 Å². The van der Waals surface area contributed by atoms with Crippen LogP contribution in [0.25, 0.3) is 11.3 Å². The molecule has 2 heterocycles. The molecular formula is C23H33N3O4. The topological polar surface area (TPSA) is 71.2 Å². The minimum absolute atomic E-state index is 0.364. The van der Waals surface area contributed by atoms with Crippen LogP contribution in [0.4, 0.5) is 5.88 Å². The van der Waals surface area contributed by atoms with Crippen molar-refractivity contribution in [2.75, 3.05) is 57.5 Å². The smallest absolute Gasteiger partial charge is 0.232 e. The predicted molar refractivity (Wildman–Crippen MR) is 115 cm³/mol. The van der Waals surface area contributed by atoms with Gasteiger partial charge in [-0.2, -0.15) is 0 Å². The average molecular weight is 416 g/mol. The zero-order valence-electron chi connectivity index (χ0n) is 17.8. The van der Waals surface area contributed by atoms with Crippen LogP contribution >= 0.6 is 0 Å². The number of morpholine rings is 1. The van der Waals surface area contributed by atoms with Crippen molar-refractivity contribution in [1.82, 2.24) is 10.1 Å². The molecule has 2 fully saturated rings. The quantitative estimate of drug-likeness (QED) is 0.605. The van der Waals surface area contributed by atoms with E-state index in [2.05, 4.69) is 27.1 Å². The summed E-state index contributed by atoms with van der Waals surface area (Å²) in [5, 5.41) is 15.0. The number of ether oxygens (including phenoxy) is 2. The Balaban J connectivity index is 1.59. The minimum atomic E-state index is -0.504. The van der Waals surface area contributed by atoms with Crippen molar-refractivity contribution in [3.63, 3.8) is 0 Å². The summed E-state index contributed by atoms with van der Waals surface area (Å²) in [7, 11) is 0.